The van der Waals surface area contributed by atoms with Crippen LogP contribution in [0.5, 0.6) is 0 Å². The third-order valence-corrected chi connectivity index (χ3v) is 5.36. The van der Waals surface area contributed by atoms with Crippen molar-refractivity contribution in [3.05, 3.63) is 46.5 Å². The lowest BCUT2D eigenvalue weighted by atomic mass is 10.0. The predicted molar refractivity (Wildman–Crippen MR) is 102 cm³/mol. The molecule has 26 heavy (non-hydrogen) atoms. The predicted octanol–water partition coefficient (Wildman–Crippen LogP) is 3.65. The van der Waals surface area contributed by atoms with Crippen LogP contribution in [0.25, 0.3) is 0 Å². The van der Waals surface area contributed by atoms with Crippen LogP contribution in [-0.4, -0.2) is 32.8 Å². The van der Waals surface area contributed by atoms with Crippen LogP contribution in [0, 0.1) is 12.8 Å². The first-order chi connectivity index (χ1) is 12.6. The minimum absolute atomic E-state index is 0.373. The number of pyridine rings is 1. The van der Waals surface area contributed by atoms with Gasteiger partial charge in [-0.05, 0) is 58.1 Å². The Balaban J connectivity index is 1.48. The van der Waals surface area contributed by atoms with E-state index in [4.69, 9.17) is 9.84 Å². The van der Waals surface area contributed by atoms with Crippen molar-refractivity contribution in [2.24, 2.45) is 5.92 Å². The van der Waals surface area contributed by atoms with Gasteiger partial charge in [0.15, 0.2) is 0 Å². The highest BCUT2D eigenvalue weighted by Gasteiger charge is 2.27. The maximum atomic E-state index is 5.94. The number of fused-ring (bicyclic) bond motifs is 1. The van der Waals surface area contributed by atoms with Crippen LogP contribution < -0.4 is 0 Å². The van der Waals surface area contributed by atoms with E-state index >= 15 is 0 Å². The van der Waals surface area contributed by atoms with Crippen molar-refractivity contribution in [2.45, 2.75) is 65.8 Å². The fourth-order valence-electron chi connectivity index (χ4n) is 3.77. The first-order valence-corrected chi connectivity index (χ1v) is 9.92. The van der Waals surface area contributed by atoms with Crippen LogP contribution in [0.1, 0.15) is 61.1 Å². The lowest BCUT2D eigenvalue weighted by Crippen LogP contribution is -2.32. The molecule has 5 nitrogen and oxygen atoms in total. The Hall–Kier alpha value is -1.72. The highest BCUT2D eigenvalue weighted by atomic mass is 16.5. The van der Waals surface area contributed by atoms with Crippen molar-refractivity contribution in [1.82, 2.24) is 19.7 Å². The fourth-order valence-corrected chi connectivity index (χ4v) is 3.77. The normalized spacial score (nSPS) is 17.7. The molecule has 3 heterocycles. The molecule has 0 amide bonds. The molecule has 0 N–H and O–H groups in total. The summed E-state index contributed by atoms with van der Waals surface area (Å²) in [4.78, 5) is 7.15. The molecule has 1 fully saturated rings. The topological polar surface area (TPSA) is 43.2 Å². The molecule has 4 rings (SSSR count). The van der Waals surface area contributed by atoms with Crippen LogP contribution in [0.15, 0.2) is 18.2 Å². The molecule has 1 aliphatic heterocycles. The molecule has 0 bridgehead atoms. The van der Waals surface area contributed by atoms with Crippen LogP contribution in [0.3, 0.4) is 0 Å². The van der Waals surface area contributed by atoms with Crippen LogP contribution in [0.4, 0.5) is 0 Å². The second-order valence-electron chi connectivity index (χ2n) is 8.10. The Kier molecular flexibility index (Phi) is 5.09. The van der Waals surface area contributed by atoms with E-state index < -0.39 is 0 Å². The minimum atomic E-state index is 0.373. The molecule has 0 spiro atoms. The monoisotopic (exact) mass is 354 g/mol. The first kappa shape index (κ1) is 17.7. The summed E-state index contributed by atoms with van der Waals surface area (Å²) in [5.41, 5.74) is 6.18. The van der Waals surface area contributed by atoms with Gasteiger partial charge >= 0.3 is 0 Å². The molecular formula is C21H30N4O. The maximum Gasteiger partial charge on any atom is 0.0917 e. The first-order valence-electron chi connectivity index (χ1n) is 9.92. The van der Waals surface area contributed by atoms with Gasteiger partial charge in [0, 0.05) is 43.5 Å². The molecule has 2 aromatic rings. The summed E-state index contributed by atoms with van der Waals surface area (Å²) < 4.78 is 8.15. The zero-order valence-electron chi connectivity index (χ0n) is 16.2. The van der Waals surface area contributed by atoms with Gasteiger partial charge in [-0.25, -0.2) is 0 Å². The number of hydrogen-bond donors (Lipinski definition) is 0. The highest BCUT2D eigenvalue weighted by molar-refractivity contribution is 5.29. The van der Waals surface area contributed by atoms with Gasteiger partial charge in [0.05, 0.1) is 23.7 Å². The molecule has 0 atom stereocenters. The Morgan fingerprint density at radius 1 is 1.27 bits per heavy atom. The van der Waals surface area contributed by atoms with E-state index in [9.17, 15) is 0 Å². The SMILES string of the molecule is Cc1cccc(CN2CCc3c(COCC4CC4)nn(C(C)C)c3C2)n1. The standard InChI is InChI=1S/C21H30N4O/c1-15(2)25-21-12-24(11-18-6-4-5-16(3)22-18)10-9-19(21)20(23-25)14-26-13-17-7-8-17/h4-6,15,17H,7-14H2,1-3H3. The van der Waals surface area contributed by atoms with E-state index in [-0.39, 0.29) is 0 Å². The lowest BCUT2D eigenvalue weighted by Gasteiger charge is -2.28. The van der Waals surface area contributed by atoms with Gasteiger partial charge in [-0.1, -0.05) is 6.07 Å². The summed E-state index contributed by atoms with van der Waals surface area (Å²) in [5, 5.41) is 4.91. The largest absolute Gasteiger partial charge is 0.375 e. The molecule has 140 valence electrons. The Bertz CT molecular complexity index is 763. The molecule has 0 unspecified atom stereocenters. The molecule has 0 radical (unpaired) electrons. The van der Waals surface area contributed by atoms with Crippen LogP contribution in [0.2, 0.25) is 0 Å². The minimum Gasteiger partial charge on any atom is -0.375 e. The zero-order chi connectivity index (χ0) is 18.1. The Labute approximate surface area is 156 Å². The van der Waals surface area contributed by atoms with Crippen LogP contribution in [-0.2, 0) is 30.9 Å². The van der Waals surface area contributed by atoms with Gasteiger partial charge < -0.3 is 4.74 Å². The lowest BCUT2D eigenvalue weighted by molar-refractivity contribution is 0.107. The van der Waals surface area contributed by atoms with Crippen molar-refractivity contribution in [1.29, 1.82) is 0 Å². The van der Waals surface area contributed by atoms with E-state index in [2.05, 4.69) is 53.5 Å². The summed E-state index contributed by atoms with van der Waals surface area (Å²) in [5.74, 6) is 0.801. The van der Waals surface area contributed by atoms with Crippen molar-refractivity contribution in [3.8, 4) is 0 Å². The van der Waals surface area contributed by atoms with Gasteiger partial charge in [-0.2, -0.15) is 5.10 Å². The van der Waals surface area contributed by atoms with E-state index in [0.29, 0.717) is 12.6 Å². The van der Waals surface area contributed by atoms with E-state index in [1.165, 1.54) is 24.1 Å². The zero-order valence-corrected chi connectivity index (χ0v) is 16.2. The third kappa shape index (κ3) is 3.99. The molecule has 0 aromatic carbocycles. The summed E-state index contributed by atoms with van der Waals surface area (Å²) in [7, 11) is 0. The average Bonchev–Trinajstić information content (AvgIpc) is 3.35. The van der Waals surface area contributed by atoms with Crippen molar-refractivity contribution >= 4 is 0 Å². The third-order valence-electron chi connectivity index (χ3n) is 5.36. The Morgan fingerprint density at radius 3 is 2.85 bits per heavy atom. The Morgan fingerprint density at radius 2 is 2.12 bits per heavy atom. The summed E-state index contributed by atoms with van der Waals surface area (Å²) in [6.07, 6.45) is 3.72. The number of rotatable bonds is 7. The van der Waals surface area contributed by atoms with Gasteiger partial charge in [-0.3, -0.25) is 14.6 Å². The van der Waals surface area contributed by atoms with Crippen molar-refractivity contribution in [3.63, 3.8) is 0 Å². The average molecular weight is 354 g/mol. The molecule has 0 saturated heterocycles. The number of aryl methyl sites for hydroxylation is 1. The van der Waals surface area contributed by atoms with Gasteiger partial charge in [-0.15, -0.1) is 0 Å². The summed E-state index contributed by atoms with van der Waals surface area (Å²) in [6, 6.07) is 6.65. The summed E-state index contributed by atoms with van der Waals surface area (Å²) in [6.45, 7) is 10.9. The second-order valence-corrected chi connectivity index (χ2v) is 8.10. The van der Waals surface area contributed by atoms with Gasteiger partial charge in [0.1, 0.15) is 0 Å². The number of nitrogens with zero attached hydrogens (tertiary/aromatic N) is 4. The molecule has 1 saturated carbocycles. The van der Waals surface area contributed by atoms with Gasteiger partial charge in [0.2, 0.25) is 0 Å². The molecule has 1 aliphatic carbocycles. The molecule has 5 heteroatoms. The highest BCUT2D eigenvalue weighted by Crippen LogP contribution is 2.30. The fraction of sp³-hybridized carbons (Fsp3) is 0.619. The van der Waals surface area contributed by atoms with Crippen molar-refractivity contribution in [2.75, 3.05) is 13.2 Å². The molecule has 2 aromatic heterocycles. The van der Waals surface area contributed by atoms with E-state index in [0.717, 1.165) is 55.7 Å². The van der Waals surface area contributed by atoms with E-state index in [1.807, 2.05) is 0 Å². The second kappa shape index (κ2) is 7.49. The van der Waals surface area contributed by atoms with Gasteiger partial charge in [0.25, 0.3) is 0 Å². The molecule has 2 aliphatic rings. The number of aromatic nitrogens is 3. The number of ether oxygens (including phenoxy) is 1. The smallest absolute Gasteiger partial charge is 0.0917 e. The summed E-state index contributed by atoms with van der Waals surface area (Å²) >= 11 is 0. The number of hydrogen-bond acceptors (Lipinski definition) is 4. The van der Waals surface area contributed by atoms with Crippen LogP contribution >= 0.6 is 0 Å². The molecular weight excluding hydrogens is 324 g/mol. The van der Waals surface area contributed by atoms with Crippen molar-refractivity contribution < 1.29 is 4.74 Å². The van der Waals surface area contributed by atoms with E-state index in [1.54, 1.807) is 0 Å². The quantitative estimate of drug-likeness (QED) is 0.761. The maximum absolute atomic E-state index is 5.94.